The van der Waals surface area contributed by atoms with Crippen LogP contribution >= 0.6 is 0 Å². The molecule has 0 bridgehead atoms. The van der Waals surface area contributed by atoms with Crippen LogP contribution in [-0.4, -0.2) is 12.1 Å². The number of allylic oxidation sites excluding steroid dienone is 2. The summed E-state index contributed by atoms with van der Waals surface area (Å²) in [6.07, 6.45) is 8.46. The van der Waals surface area contributed by atoms with Crippen molar-refractivity contribution in [1.29, 1.82) is 0 Å². The van der Waals surface area contributed by atoms with Crippen LogP contribution in [0.5, 0.6) is 0 Å². The van der Waals surface area contributed by atoms with Crippen molar-refractivity contribution in [2.75, 3.05) is 0 Å². The summed E-state index contributed by atoms with van der Waals surface area (Å²) in [7, 11) is 0. The molecule has 2 heteroatoms. The lowest BCUT2D eigenvalue weighted by Crippen LogP contribution is -1.86. The Labute approximate surface area is 67.2 Å². The van der Waals surface area contributed by atoms with Crippen molar-refractivity contribution < 1.29 is 9.53 Å². The topological polar surface area (TPSA) is 29.6 Å². The van der Waals surface area contributed by atoms with E-state index in [0.717, 1.165) is 25.7 Å². The fourth-order valence-corrected chi connectivity index (χ4v) is 1.04. The molecule has 1 fully saturated rings. The van der Waals surface area contributed by atoms with Crippen molar-refractivity contribution in [3.05, 3.63) is 12.2 Å². The van der Waals surface area contributed by atoms with Crippen molar-refractivity contribution in [3.8, 4) is 0 Å². The Morgan fingerprint density at radius 1 is 1.55 bits per heavy atom. The molecule has 1 aliphatic rings. The van der Waals surface area contributed by atoms with E-state index in [1.807, 2.05) is 6.92 Å². The zero-order valence-corrected chi connectivity index (χ0v) is 6.88. The average Bonchev–Trinajstić information content (AvgIpc) is 2.67. The Morgan fingerprint density at radius 2 is 2.27 bits per heavy atom. The molecule has 0 amide bonds. The monoisotopic (exact) mass is 154 g/mol. The summed E-state index contributed by atoms with van der Waals surface area (Å²) >= 11 is 0. The molecule has 0 spiro atoms. The summed E-state index contributed by atoms with van der Waals surface area (Å²) in [5.41, 5.74) is 0. The quantitative estimate of drug-likeness (QED) is 0.344. The molecule has 1 heterocycles. The summed E-state index contributed by atoms with van der Waals surface area (Å²) in [6.45, 7) is 2.02. The van der Waals surface area contributed by atoms with Gasteiger partial charge in [-0.25, -0.2) is 4.79 Å². The van der Waals surface area contributed by atoms with Gasteiger partial charge in [0.2, 0.25) is 0 Å². The van der Waals surface area contributed by atoms with E-state index in [4.69, 9.17) is 0 Å². The van der Waals surface area contributed by atoms with E-state index in [2.05, 4.69) is 16.9 Å². The molecule has 11 heavy (non-hydrogen) atoms. The van der Waals surface area contributed by atoms with E-state index in [1.54, 1.807) is 0 Å². The third-order valence-corrected chi connectivity index (χ3v) is 1.79. The molecule has 0 aliphatic carbocycles. The maximum atomic E-state index is 10.4. The first-order chi connectivity index (χ1) is 5.34. The van der Waals surface area contributed by atoms with Crippen molar-refractivity contribution >= 4 is 5.97 Å². The lowest BCUT2D eigenvalue weighted by atomic mass is 10.1. The van der Waals surface area contributed by atoms with Crippen LogP contribution in [0.1, 0.15) is 32.6 Å². The van der Waals surface area contributed by atoms with Gasteiger partial charge in [-0.15, -0.1) is 0 Å². The summed E-state index contributed by atoms with van der Waals surface area (Å²) < 4.78 is 4.67. The van der Waals surface area contributed by atoms with Gasteiger partial charge in [0.05, 0.1) is 0 Å². The lowest BCUT2D eigenvalue weighted by Gasteiger charge is -1.91. The van der Waals surface area contributed by atoms with Gasteiger partial charge in [0, 0.05) is 0 Å². The van der Waals surface area contributed by atoms with Crippen LogP contribution < -0.4 is 0 Å². The maximum absolute atomic E-state index is 10.4. The second-order valence-corrected chi connectivity index (χ2v) is 2.78. The first-order valence-electron chi connectivity index (χ1n) is 4.16. The van der Waals surface area contributed by atoms with Gasteiger partial charge in [0.15, 0.2) is 6.10 Å². The van der Waals surface area contributed by atoms with E-state index >= 15 is 0 Å². The van der Waals surface area contributed by atoms with Crippen LogP contribution in [-0.2, 0) is 9.53 Å². The number of carbonyl (C=O) groups is 1. The molecular formula is C9H14O2. The number of ether oxygens (including phenoxy) is 1. The smallest absolute Gasteiger partial charge is 0.348 e. The van der Waals surface area contributed by atoms with Gasteiger partial charge in [-0.3, -0.25) is 0 Å². The summed E-state index contributed by atoms with van der Waals surface area (Å²) in [5, 5.41) is 0. The zero-order chi connectivity index (χ0) is 8.10. The standard InChI is InChI=1S/C9H14O2/c1-2-3-4-5-6-7-8-9(10)11-8/h2-3,8H,4-7H2,1H3. The molecule has 1 aliphatic heterocycles. The average molecular weight is 154 g/mol. The molecular weight excluding hydrogens is 140 g/mol. The van der Waals surface area contributed by atoms with Gasteiger partial charge in [0.25, 0.3) is 0 Å². The molecule has 0 saturated carbocycles. The largest absolute Gasteiger partial charge is 0.448 e. The normalized spacial score (nSPS) is 22.3. The molecule has 0 aromatic carbocycles. The molecule has 1 rings (SSSR count). The zero-order valence-electron chi connectivity index (χ0n) is 6.88. The lowest BCUT2D eigenvalue weighted by molar-refractivity contribution is -0.117. The third kappa shape index (κ3) is 3.21. The Hall–Kier alpha value is -0.790. The number of hydrogen-bond acceptors (Lipinski definition) is 2. The van der Waals surface area contributed by atoms with E-state index in [1.165, 1.54) is 0 Å². The number of epoxide rings is 1. The van der Waals surface area contributed by atoms with Gasteiger partial charge in [0.1, 0.15) is 0 Å². The molecule has 62 valence electrons. The predicted octanol–water partition coefficient (Wildman–Crippen LogP) is 2.05. The minimum atomic E-state index is -0.0411. The minimum Gasteiger partial charge on any atom is -0.448 e. The molecule has 0 aromatic rings. The SMILES string of the molecule is CC=CCCCCC1OC1=O. The molecule has 1 saturated heterocycles. The molecule has 2 nitrogen and oxygen atoms in total. The van der Waals surface area contributed by atoms with Crippen molar-refractivity contribution in [1.82, 2.24) is 0 Å². The maximum Gasteiger partial charge on any atom is 0.348 e. The summed E-state index contributed by atoms with van der Waals surface area (Å²) in [5.74, 6) is -0.0176. The first-order valence-corrected chi connectivity index (χ1v) is 4.16. The number of carbonyl (C=O) groups excluding carboxylic acids is 1. The van der Waals surface area contributed by atoms with E-state index < -0.39 is 0 Å². The third-order valence-electron chi connectivity index (χ3n) is 1.79. The number of cyclic esters (lactones) is 1. The summed E-state index contributed by atoms with van der Waals surface area (Å²) in [4.78, 5) is 10.4. The van der Waals surface area contributed by atoms with Crippen LogP contribution in [0.15, 0.2) is 12.2 Å². The van der Waals surface area contributed by atoms with E-state index in [9.17, 15) is 4.79 Å². The molecule has 1 atom stereocenters. The Kier molecular flexibility index (Phi) is 3.14. The predicted molar refractivity (Wildman–Crippen MR) is 43.2 cm³/mol. The molecule has 0 radical (unpaired) electrons. The second kappa shape index (κ2) is 4.16. The van der Waals surface area contributed by atoms with Gasteiger partial charge in [-0.1, -0.05) is 12.2 Å². The highest BCUT2D eigenvalue weighted by Gasteiger charge is 2.36. The summed E-state index contributed by atoms with van der Waals surface area (Å²) in [6, 6.07) is 0. The fourth-order valence-electron chi connectivity index (χ4n) is 1.04. The number of rotatable bonds is 5. The number of unbranched alkanes of at least 4 members (excludes halogenated alkanes) is 2. The Bertz CT molecular complexity index is 161. The Morgan fingerprint density at radius 3 is 2.82 bits per heavy atom. The highest BCUT2D eigenvalue weighted by molar-refractivity contribution is 5.87. The van der Waals surface area contributed by atoms with Crippen molar-refractivity contribution in [2.45, 2.75) is 38.7 Å². The second-order valence-electron chi connectivity index (χ2n) is 2.78. The highest BCUT2D eigenvalue weighted by Crippen LogP contribution is 2.19. The van der Waals surface area contributed by atoms with Gasteiger partial charge < -0.3 is 4.74 Å². The molecule has 0 N–H and O–H groups in total. The van der Waals surface area contributed by atoms with Gasteiger partial charge in [-0.2, -0.15) is 0 Å². The number of hydrogen-bond donors (Lipinski definition) is 0. The van der Waals surface area contributed by atoms with Crippen LogP contribution in [0, 0.1) is 0 Å². The molecule has 0 aromatic heterocycles. The van der Waals surface area contributed by atoms with Gasteiger partial charge in [-0.05, 0) is 32.6 Å². The van der Waals surface area contributed by atoms with E-state index in [0.29, 0.717) is 0 Å². The van der Waals surface area contributed by atoms with Crippen LogP contribution in [0.25, 0.3) is 0 Å². The fraction of sp³-hybridized carbons (Fsp3) is 0.667. The van der Waals surface area contributed by atoms with Gasteiger partial charge >= 0.3 is 5.97 Å². The van der Waals surface area contributed by atoms with Crippen LogP contribution in [0.4, 0.5) is 0 Å². The molecule has 1 unspecified atom stereocenters. The van der Waals surface area contributed by atoms with Crippen LogP contribution in [0.3, 0.4) is 0 Å². The first kappa shape index (κ1) is 8.31. The van der Waals surface area contributed by atoms with Crippen LogP contribution in [0.2, 0.25) is 0 Å². The highest BCUT2D eigenvalue weighted by atomic mass is 16.6. The van der Waals surface area contributed by atoms with Crippen molar-refractivity contribution in [3.63, 3.8) is 0 Å². The van der Waals surface area contributed by atoms with E-state index in [-0.39, 0.29) is 12.1 Å². The van der Waals surface area contributed by atoms with Crippen molar-refractivity contribution in [2.24, 2.45) is 0 Å². The Balaban J connectivity index is 1.85. The minimum absolute atomic E-state index is 0.0176.